The molecule has 0 bridgehead atoms. The number of hydrogen-bond donors (Lipinski definition) is 1. The second-order valence-corrected chi connectivity index (χ2v) is 6.89. The summed E-state index contributed by atoms with van der Waals surface area (Å²) in [5.41, 5.74) is 1.64. The monoisotopic (exact) mass is 346 g/mol. The van der Waals surface area contributed by atoms with E-state index in [0.29, 0.717) is 24.8 Å². The van der Waals surface area contributed by atoms with E-state index in [1.165, 1.54) is 12.1 Å². The maximum absolute atomic E-state index is 13.5. The number of nitrogens with one attached hydrogen (secondary N) is 1. The van der Waals surface area contributed by atoms with Gasteiger partial charge in [0.1, 0.15) is 18.2 Å². The normalized spacial score (nSPS) is 21.5. The number of carbonyl (C=O) groups excluding carboxylic acids is 1. The van der Waals surface area contributed by atoms with Crippen molar-refractivity contribution in [3.05, 3.63) is 29.8 Å². The number of carbonyl (C=O) groups is 1. The van der Waals surface area contributed by atoms with Crippen molar-refractivity contribution in [2.75, 3.05) is 26.2 Å². The molecule has 1 amide bonds. The maximum Gasteiger partial charge on any atom is 0.219 e. The van der Waals surface area contributed by atoms with Crippen molar-refractivity contribution in [3.8, 4) is 0 Å². The van der Waals surface area contributed by atoms with Gasteiger partial charge in [0.2, 0.25) is 5.91 Å². The van der Waals surface area contributed by atoms with Crippen LogP contribution in [-0.2, 0) is 16.1 Å². The number of fused-ring (bicyclic) bond motifs is 3. The van der Waals surface area contributed by atoms with Gasteiger partial charge in [-0.05, 0) is 25.0 Å². The highest BCUT2D eigenvalue weighted by atomic mass is 19.1. The van der Waals surface area contributed by atoms with E-state index in [4.69, 9.17) is 4.74 Å². The first-order chi connectivity index (χ1) is 12.1. The molecule has 0 radical (unpaired) electrons. The number of amides is 1. The molecule has 2 aliphatic heterocycles. The second-order valence-electron chi connectivity index (χ2n) is 6.89. The van der Waals surface area contributed by atoms with Crippen LogP contribution in [0.4, 0.5) is 4.39 Å². The molecule has 134 valence electrons. The Labute approximate surface area is 146 Å². The molecule has 1 aromatic carbocycles. The number of benzene rings is 1. The van der Waals surface area contributed by atoms with E-state index in [1.807, 2.05) is 4.90 Å². The molecule has 1 saturated heterocycles. The smallest absolute Gasteiger partial charge is 0.219 e. The second kappa shape index (κ2) is 6.72. The van der Waals surface area contributed by atoms with Crippen molar-refractivity contribution in [2.45, 2.75) is 38.5 Å². The highest BCUT2D eigenvalue weighted by molar-refractivity contribution is 5.76. The van der Waals surface area contributed by atoms with Crippen molar-refractivity contribution < 1.29 is 13.9 Å². The van der Waals surface area contributed by atoms with Gasteiger partial charge < -0.3 is 19.5 Å². The molecule has 6 nitrogen and oxygen atoms in total. The van der Waals surface area contributed by atoms with Crippen LogP contribution in [0.1, 0.15) is 31.6 Å². The highest BCUT2D eigenvalue weighted by Crippen LogP contribution is 2.26. The summed E-state index contributed by atoms with van der Waals surface area (Å²) in [6, 6.07) is 5.31. The van der Waals surface area contributed by atoms with E-state index in [9.17, 15) is 9.18 Å². The summed E-state index contributed by atoms with van der Waals surface area (Å²) in [5, 5.41) is 3.62. The van der Waals surface area contributed by atoms with E-state index in [0.717, 1.165) is 43.8 Å². The number of ether oxygens (including phenoxy) is 1. The first-order valence-corrected chi connectivity index (χ1v) is 8.85. The quantitative estimate of drug-likeness (QED) is 0.921. The van der Waals surface area contributed by atoms with Gasteiger partial charge in [-0.3, -0.25) is 4.79 Å². The summed E-state index contributed by atoms with van der Waals surface area (Å²) in [6.45, 7) is 5.11. The summed E-state index contributed by atoms with van der Waals surface area (Å²) in [5.74, 6) is 0.738. The van der Waals surface area contributed by atoms with Gasteiger partial charge in [-0.1, -0.05) is 0 Å². The molecule has 25 heavy (non-hydrogen) atoms. The van der Waals surface area contributed by atoms with Crippen LogP contribution in [0.15, 0.2) is 18.2 Å². The molecule has 0 aliphatic carbocycles. The van der Waals surface area contributed by atoms with Crippen LogP contribution in [0.5, 0.6) is 0 Å². The van der Waals surface area contributed by atoms with Crippen LogP contribution in [-0.4, -0.2) is 52.6 Å². The number of aromatic nitrogens is 2. The van der Waals surface area contributed by atoms with Crippen LogP contribution in [0.25, 0.3) is 11.0 Å². The van der Waals surface area contributed by atoms with Crippen molar-refractivity contribution >= 4 is 16.9 Å². The van der Waals surface area contributed by atoms with Gasteiger partial charge in [-0.2, -0.15) is 0 Å². The molecule has 2 aromatic rings. The van der Waals surface area contributed by atoms with Crippen LogP contribution >= 0.6 is 0 Å². The fraction of sp³-hybridized carbons (Fsp3) is 0.556. The minimum absolute atomic E-state index is 0.144. The molecule has 0 saturated carbocycles. The van der Waals surface area contributed by atoms with E-state index >= 15 is 0 Å². The Kier molecular flexibility index (Phi) is 4.43. The molecule has 1 aromatic heterocycles. The third-order valence-electron chi connectivity index (χ3n) is 5.21. The molecular weight excluding hydrogens is 323 g/mol. The average Bonchev–Trinajstić information content (AvgIpc) is 2.98. The molecule has 3 heterocycles. The van der Waals surface area contributed by atoms with Gasteiger partial charge in [-0.25, -0.2) is 9.37 Å². The fourth-order valence-corrected chi connectivity index (χ4v) is 3.84. The van der Waals surface area contributed by atoms with Crippen LogP contribution < -0.4 is 5.32 Å². The van der Waals surface area contributed by atoms with Crippen LogP contribution in [0, 0.1) is 5.82 Å². The van der Waals surface area contributed by atoms with Gasteiger partial charge in [0.25, 0.3) is 0 Å². The molecule has 1 atom stereocenters. The number of imidazole rings is 1. The Hall–Kier alpha value is -1.99. The topological polar surface area (TPSA) is 59.4 Å². The van der Waals surface area contributed by atoms with Crippen LogP contribution in [0.2, 0.25) is 0 Å². The minimum Gasteiger partial charge on any atom is -0.371 e. The Bertz CT molecular complexity index is 783. The summed E-state index contributed by atoms with van der Waals surface area (Å²) in [7, 11) is 0. The number of halogens is 1. The van der Waals surface area contributed by atoms with Crippen molar-refractivity contribution in [2.24, 2.45) is 0 Å². The molecule has 0 unspecified atom stereocenters. The maximum atomic E-state index is 13.5. The number of likely N-dealkylation sites (tertiary alicyclic amines) is 1. The third kappa shape index (κ3) is 3.26. The molecule has 1 fully saturated rings. The zero-order valence-electron chi connectivity index (χ0n) is 14.4. The van der Waals surface area contributed by atoms with E-state index < -0.39 is 0 Å². The Morgan fingerprint density at radius 1 is 1.40 bits per heavy atom. The number of hydrogen-bond acceptors (Lipinski definition) is 4. The Morgan fingerprint density at radius 3 is 2.96 bits per heavy atom. The van der Waals surface area contributed by atoms with Gasteiger partial charge in [0, 0.05) is 38.7 Å². The van der Waals surface area contributed by atoms with Crippen molar-refractivity contribution in [1.29, 1.82) is 0 Å². The number of nitrogens with zero attached hydrogens (tertiary/aromatic N) is 3. The van der Waals surface area contributed by atoms with Gasteiger partial charge in [0.15, 0.2) is 0 Å². The lowest BCUT2D eigenvalue weighted by atomic mass is 10.0. The predicted molar refractivity (Wildman–Crippen MR) is 91.7 cm³/mol. The van der Waals surface area contributed by atoms with Gasteiger partial charge in [0.05, 0.1) is 23.7 Å². The molecule has 2 aliphatic rings. The lowest BCUT2D eigenvalue weighted by molar-refractivity contribution is -0.129. The number of rotatable bonds is 3. The molecule has 4 rings (SSSR count). The lowest BCUT2D eigenvalue weighted by Gasteiger charge is -2.33. The third-order valence-corrected chi connectivity index (χ3v) is 5.21. The average molecular weight is 346 g/mol. The lowest BCUT2D eigenvalue weighted by Crippen LogP contribution is -2.46. The summed E-state index contributed by atoms with van der Waals surface area (Å²) in [6.07, 6.45) is 1.94. The summed E-state index contributed by atoms with van der Waals surface area (Å²) >= 11 is 0. The predicted octanol–water partition coefficient (Wildman–Crippen LogP) is 1.85. The SMILES string of the molecule is CC(=O)N1CCC(NC[C@H]2COCc3nc4cc(F)ccc4n32)CC1. The van der Waals surface area contributed by atoms with Crippen molar-refractivity contribution in [1.82, 2.24) is 19.8 Å². The van der Waals surface area contributed by atoms with E-state index in [2.05, 4.69) is 14.9 Å². The molecule has 1 N–H and O–H groups in total. The highest BCUT2D eigenvalue weighted by Gasteiger charge is 2.26. The zero-order chi connectivity index (χ0) is 17.4. The molecular formula is C18H23FN4O2. The van der Waals surface area contributed by atoms with Crippen LogP contribution in [0.3, 0.4) is 0 Å². The van der Waals surface area contributed by atoms with E-state index in [-0.39, 0.29) is 17.8 Å². The van der Waals surface area contributed by atoms with E-state index in [1.54, 1.807) is 13.0 Å². The minimum atomic E-state index is -0.268. The van der Waals surface area contributed by atoms with Gasteiger partial charge in [-0.15, -0.1) is 0 Å². The largest absolute Gasteiger partial charge is 0.371 e. The fourth-order valence-electron chi connectivity index (χ4n) is 3.84. The standard InChI is InChI=1S/C18H23FN4O2/c1-12(24)22-6-4-14(5-7-22)20-9-15-10-25-11-18-21-16-8-13(19)2-3-17(16)23(15)18/h2-3,8,14-15,20H,4-7,9-11H2,1H3/t15-/m0/s1. The Morgan fingerprint density at radius 2 is 2.20 bits per heavy atom. The first-order valence-electron chi connectivity index (χ1n) is 8.85. The number of piperidine rings is 1. The first kappa shape index (κ1) is 16.5. The summed E-state index contributed by atoms with van der Waals surface area (Å²) in [4.78, 5) is 17.8. The Balaban J connectivity index is 1.45. The summed E-state index contributed by atoms with van der Waals surface area (Å²) < 4.78 is 21.3. The van der Waals surface area contributed by atoms with Gasteiger partial charge >= 0.3 is 0 Å². The molecule has 7 heteroatoms. The molecule has 0 spiro atoms. The van der Waals surface area contributed by atoms with Crippen molar-refractivity contribution in [3.63, 3.8) is 0 Å². The zero-order valence-corrected chi connectivity index (χ0v) is 14.4.